The van der Waals surface area contributed by atoms with E-state index in [1.165, 1.54) is 0 Å². The summed E-state index contributed by atoms with van der Waals surface area (Å²) in [5, 5.41) is 0. The van der Waals surface area contributed by atoms with Crippen LogP contribution in [0.1, 0.15) is 45.2 Å². The Labute approximate surface area is 193 Å². The van der Waals surface area contributed by atoms with Crippen molar-refractivity contribution in [2.75, 3.05) is 33.2 Å². The van der Waals surface area contributed by atoms with Gasteiger partial charge in [-0.2, -0.15) is 0 Å². The first-order valence-electron chi connectivity index (χ1n) is 10.7. The predicted octanol–water partition coefficient (Wildman–Crippen LogP) is 3.71. The minimum absolute atomic E-state index is 0.0840. The van der Waals surface area contributed by atoms with Crippen LogP contribution < -0.4 is 5.73 Å². The van der Waals surface area contributed by atoms with Crippen LogP contribution in [0.25, 0.3) is 0 Å². The van der Waals surface area contributed by atoms with Gasteiger partial charge in [0.05, 0.1) is 6.54 Å². The molecule has 0 saturated carbocycles. The van der Waals surface area contributed by atoms with Crippen molar-refractivity contribution in [3.8, 4) is 0 Å². The van der Waals surface area contributed by atoms with E-state index in [1.54, 1.807) is 11.1 Å². The molecule has 2 saturated heterocycles. The number of amides is 2. The highest BCUT2D eigenvalue weighted by molar-refractivity contribution is 9.10. The molecule has 0 spiro atoms. The molecule has 31 heavy (non-hydrogen) atoms. The lowest BCUT2D eigenvalue weighted by molar-refractivity contribution is -0.140. The Balaban J connectivity index is 1.66. The van der Waals surface area contributed by atoms with Gasteiger partial charge in [0.15, 0.2) is 0 Å². The first-order chi connectivity index (χ1) is 14.6. The maximum Gasteiger partial charge on any atom is 0.410 e. The van der Waals surface area contributed by atoms with E-state index in [2.05, 4.69) is 15.9 Å². The number of likely N-dealkylation sites (tertiary alicyclic amines) is 1. The third-order valence-corrected chi connectivity index (χ3v) is 6.33. The van der Waals surface area contributed by atoms with Gasteiger partial charge < -0.3 is 25.2 Å². The summed E-state index contributed by atoms with van der Waals surface area (Å²) in [6.07, 6.45) is 3.03. The van der Waals surface area contributed by atoms with Crippen molar-refractivity contribution in [3.63, 3.8) is 0 Å². The summed E-state index contributed by atoms with van der Waals surface area (Å²) in [5.41, 5.74) is 7.27. The third kappa shape index (κ3) is 5.73. The third-order valence-electron chi connectivity index (χ3n) is 5.84. The summed E-state index contributed by atoms with van der Waals surface area (Å²) < 4.78 is 6.43. The summed E-state index contributed by atoms with van der Waals surface area (Å²) in [5.74, 6) is 0.425. The first-order valence-corrected chi connectivity index (χ1v) is 11.5. The Kier molecular flexibility index (Phi) is 7.19. The molecule has 1 aromatic carbocycles. The summed E-state index contributed by atoms with van der Waals surface area (Å²) >= 11 is 3.51. The maximum atomic E-state index is 13.4. The number of halogens is 1. The van der Waals surface area contributed by atoms with Gasteiger partial charge in [-0.15, -0.1) is 0 Å². The smallest absolute Gasteiger partial charge is 0.410 e. The number of ether oxygens (including phenoxy) is 1. The van der Waals surface area contributed by atoms with Crippen molar-refractivity contribution in [1.82, 2.24) is 14.7 Å². The first kappa shape index (κ1) is 23.4. The van der Waals surface area contributed by atoms with Crippen LogP contribution >= 0.6 is 15.9 Å². The van der Waals surface area contributed by atoms with Crippen molar-refractivity contribution >= 4 is 27.9 Å². The molecule has 2 aliphatic rings. The lowest BCUT2D eigenvalue weighted by atomic mass is 9.94. The zero-order valence-corrected chi connectivity index (χ0v) is 20.4. The topological polar surface area (TPSA) is 79.1 Å². The van der Waals surface area contributed by atoms with Crippen LogP contribution in [-0.2, 0) is 9.53 Å². The van der Waals surface area contributed by atoms with E-state index >= 15 is 0 Å². The summed E-state index contributed by atoms with van der Waals surface area (Å²) in [4.78, 5) is 31.4. The number of piperazine rings is 1. The van der Waals surface area contributed by atoms with Crippen LogP contribution in [-0.4, -0.2) is 65.5 Å². The molecule has 8 heteroatoms. The molecular formula is C23H33BrN4O3. The number of carbonyl (C=O) groups excluding carboxylic acids is 2. The molecule has 3 rings (SSSR count). The molecule has 2 fully saturated rings. The Bertz CT molecular complexity index is 843. The fraction of sp³-hybridized carbons (Fsp3) is 0.565. The minimum Gasteiger partial charge on any atom is -0.444 e. The molecule has 0 aromatic heterocycles. The van der Waals surface area contributed by atoms with Gasteiger partial charge in [-0.1, -0.05) is 28.1 Å². The quantitative estimate of drug-likeness (QED) is 0.695. The molecule has 2 heterocycles. The highest BCUT2D eigenvalue weighted by atomic mass is 79.9. The van der Waals surface area contributed by atoms with Gasteiger partial charge in [0.25, 0.3) is 0 Å². The Hall–Kier alpha value is -2.22. The number of hydrogen-bond donors (Lipinski definition) is 1. The van der Waals surface area contributed by atoms with Crippen LogP contribution in [0.5, 0.6) is 0 Å². The molecule has 2 aliphatic heterocycles. The Morgan fingerprint density at radius 2 is 1.97 bits per heavy atom. The lowest BCUT2D eigenvalue weighted by Gasteiger charge is -2.43. The van der Waals surface area contributed by atoms with Gasteiger partial charge in [-0.05, 0) is 57.2 Å². The number of piperidine rings is 1. The van der Waals surface area contributed by atoms with Crippen molar-refractivity contribution in [1.29, 1.82) is 0 Å². The molecule has 2 N–H and O–H groups in total. The number of nitrogens with zero attached hydrogens (tertiary/aromatic N) is 3. The molecular weight excluding hydrogens is 460 g/mol. The van der Waals surface area contributed by atoms with Gasteiger partial charge in [0, 0.05) is 43.1 Å². The fourth-order valence-corrected chi connectivity index (χ4v) is 4.61. The second-order valence-electron chi connectivity index (χ2n) is 9.36. The van der Waals surface area contributed by atoms with Crippen LogP contribution in [0.3, 0.4) is 0 Å². The largest absolute Gasteiger partial charge is 0.444 e. The van der Waals surface area contributed by atoms with Crippen LogP contribution in [0, 0.1) is 5.92 Å². The zero-order valence-electron chi connectivity index (χ0n) is 18.8. The van der Waals surface area contributed by atoms with E-state index in [4.69, 9.17) is 10.5 Å². The Morgan fingerprint density at radius 3 is 2.55 bits per heavy atom. The molecule has 1 atom stereocenters. The number of benzene rings is 1. The molecule has 0 radical (unpaired) electrons. The van der Waals surface area contributed by atoms with E-state index in [0.29, 0.717) is 32.1 Å². The second kappa shape index (κ2) is 9.51. The second-order valence-corrected chi connectivity index (χ2v) is 10.3. The van der Waals surface area contributed by atoms with Gasteiger partial charge >= 0.3 is 6.09 Å². The standard InChI is InChI=1S/C23H33BrN4O3/c1-23(2,3)31-22(30)27-10-8-16(9-11-27)14-28-15-19(13-25)26(4)20(21(28)29)17-6-5-7-18(24)12-17/h5-7,12-13,16,20H,8-11,14-15,25H2,1-4H3/b19-13-. The summed E-state index contributed by atoms with van der Waals surface area (Å²) in [6.45, 7) is 8.09. The van der Waals surface area contributed by atoms with Crippen molar-refractivity contribution in [2.45, 2.75) is 45.3 Å². The molecule has 0 bridgehead atoms. The molecule has 7 nitrogen and oxygen atoms in total. The van der Waals surface area contributed by atoms with E-state index in [0.717, 1.165) is 28.6 Å². The number of nitrogens with two attached hydrogens (primary N) is 1. The fourth-order valence-electron chi connectivity index (χ4n) is 4.19. The molecule has 1 unspecified atom stereocenters. The highest BCUT2D eigenvalue weighted by Gasteiger charge is 2.38. The lowest BCUT2D eigenvalue weighted by Crippen LogP contribution is -2.52. The molecule has 1 aromatic rings. The van der Waals surface area contributed by atoms with Gasteiger partial charge in [-0.3, -0.25) is 4.79 Å². The SMILES string of the molecule is CN1/C(=C\N)CN(CC2CCN(C(=O)OC(C)(C)C)CC2)C(=O)C1c1cccc(Br)c1. The van der Waals surface area contributed by atoms with E-state index in [-0.39, 0.29) is 12.0 Å². The molecule has 2 amide bonds. The predicted molar refractivity (Wildman–Crippen MR) is 124 cm³/mol. The van der Waals surface area contributed by atoms with Gasteiger partial charge in [0.1, 0.15) is 11.6 Å². The van der Waals surface area contributed by atoms with Crippen molar-refractivity contribution < 1.29 is 14.3 Å². The normalized spacial score (nSPS) is 22.2. The number of hydrogen-bond acceptors (Lipinski definition) is 5. The van der Waals surface area contributed by atoms with Crippen LogP contribution in [0.2, 0.25) is 0 Å². The van der Waals surface area contributed by atoms with Crippen LogP contribution in [0.4, 0.5) is 4.79 Å². The molecule has 0 aliphatic carbocycles. The number of rotatable bonds is 3. The number of likely N-dealkylation sites (N-methyl/N-ethyl adjacent to an activating group) is 1. The molecule has 170 valence electrons. The van der Waals surface area contributed by atoms with Gasteiger partial charge in [-0.25, -0.2) is 4.79 Å². The monoisotopic (exact) mass is 492 g/mol. The Morgan fingerprint density at radius 1 is 1.29 bits per heavy atom. The summed E-state index contributed by atoms with van der Waals surface area (Å²) in [6, 6.07) is 7.45. The van der Waals surface area contributed by atoms with E-state index in [1.807, 2.05) is 61.9 Å². The average Bonchev–Trinajstić information content (AvgIpc) is 2.69. The van der Waals surface area contributed by atoms with Crippen LogP contribution in [0.15, 0.2) is 40.6 Å². The average molecular weight is 493 g/mol. The van der Waals surface area contributed by atoms with Gasteiger partial charge in [0.2, 0.25) is 5.91 Å². The maximum absolute atomic E-state index is 13.4. The summed E-state index contributed by atoms with van der Waals surface area (Å²) in [7, 11) is 1.92. The van der Waals surface area contributed by atoms with E-state index in [9.17, 15) is 9.59 Å². The number of carbonyl (C=O) groups is 2. The van der Waals surface area contributed by atoms with Crippen molar-refractivity contribution in [2.24, 2.45) is 11.7 Å². The van der Waals surface area contributed by atoms with Crippen molar-refractivity contribution in [3.05, 3.63) is 46.2 Å². The minimum atomic E-state index is -0.493. The zero-order chi connectivity index (χ0) is 22.8. The van der Waals surface area contributed by atoms with E-state index < -0.39 is 11.6 Å². The highest BCUT2D eigenvalue weighted by Crippen LogP contribution is 2.32.